The number of anilines is 1. The normalized spacial score (nSPS) is 13.8. The molecule has 1 aromatic heterocycles. The molecule has 0 radical (unpaired) electrons. The van der Waals surface area contributed by atoms with Gasteiger partial charge in [0.25, 0.3) is 0 Å². The van der Waals surface area contributed by atoms with E-state index in [1.165, 1.54) is 0 Å². The maximum atomic E-state index is 5.80. The van der Waals surface area contributed by atoms with E-state index in [1.54, 1.807) is 18.5 Å². The summed E-state index contributed by atoms with van der Waals surface area (Å²) in [5.41, 5.74) is 5.61. The lowest BCUT2D eigenvalue weighted by Gasteiger charge is -2.30. The molecule has 1 heterocycles. The summed E-state index contributed by atoms with van der Waals surface area (Å²) in [6, 6.07) is 1.82. The highest BCUT2D eigenvalue weighted by molar-refractivity contribution is 5.27. The molecular formula is C9H16N4. The molecule has 3 N–H and O–H groups in total. The lowest BCUT2D eigenvalue weighted by molar-refractivity contribution is 0.467. The van der Waals surface area contributed by atoms with Gasteiger partial charge in [0.1, 0.15) is 0 Å². The lowest BCUT2D eigenvalue weighted by atomic mass is 9.97. The topological polar surface area (TPSA) is 63.8 Å². The Morgan fingerprint density at radius 2 is 1.92 bits per heavy atom. The molecule has 1 atom stereocenters. The van der Waals surface area contributed by atoms with Crippen molar-refractivity contribution in [3.05, 3.63) is 18.5 Å². The van der Waals surface area contributed by atoms with Gasteiger partial charge in [0.05, 0.1) is 0 Å². The number of aromatic nitrogens is 2. The van der Waals surface area contributed by atoms with E-state index in [2.05, 4.69) is 15.3 Å². The summed E-state index contributed by atoms with van der Waals surface area (Å²) < 4.78 is 0. The van der Waals surface area contributed by atoms with Crippen LogP contribution in [-0.2, 0) is 0 Å². The van der Waals surface area contributed by atoms with Crippen molar-refractivity contribution < 1.29 is 0 Å². The second kappa shape index (κ2) is 3.70. The van der Waals surface area contributed by atoms with Crippen molar-refractivity contribution in [2.45, 2.75) is 32.4 Å². The number of hydrogen-bond donors (Lipinski definition) is 2. The maximum absolute atomic E-state index is 5.80. The molecule has 0 fully saturated rings. The maximum Gasteiger partial charge on any atom is 0.223 e. The van der Waals surface area contributed by atoms with Gasteiger partial charge in [-0.3, -0.25) is 0 Å². The van der Waals surface area contributed by atoms with Gasteiger partial charge in [0.2, 0.25) is 5.95 Å². The van der Waals surface area contributed by atoms with Crippen molar-refractivity contribution in [1.82, 2.24) is 9.97 Å². The van der Waals surface area contributed by atoms with E-state index in [1.807, 2.05) is 20.8 Å². The molecule has 0 bridgehead atoms. The predicted molar refractivity (Wildman–Crippen MR) is 53.4 cm³/mol. The fraction of sp³-hybridized carbons (Fsp3) is 0.556. The van der Waals surface area contributed by atoms with Crippen LogP contribution < -0.4 is 11.1 Å². The highest BCUT2D eigenvalue weighted by atomic mass is 15.1. The fourth-order valence-corrected chi connectivity index (χ4v) is 0.766. The third-order valence-electron chi connectivity index (χ3n) is 2.14. The van der Waals surface area contributed by atoms with Crippen LogP contribution in [0.1, 0.15) is 20.8 Å². The Morgan fingerprint density at radius 1 is 1.38 bits per heavy atom. The average Bonchev–Trinajstić information content (AvgIpc) is 2.05. The number of nitrogens with one attached hydrogen (secondary N) is 1. The lowest BCUT2D eigenvalue weighted by Crippen LogP contribution is -2.47. The quantitative estimate of drug-likeness (QED) is 0.728. The molecule has 1 aromatic rings. The summed E-state index contributed by atoms with van der Waals surface area (Å²) in [5, 5.41) is 3.17. The highest BCUT2D eigenvalue weighted by Crippen LogP contribution is 2.12. The van der Waals surface area contributed by atoms with Crippen molar-refractivity contribution in [2.24, 2.45) is 5.73 Å². The number of rotatable bonds is 3. The molecule has 0 aromatic carbocycles. The molecule has 0 amide bonds. The van der Waals surface area contributed by atoms with Crippen molar-refractivity contribution in [1.29, 1.82) is 0 Å². The van der Waals surface area contributed by atoms with Gasteiger partial charge in [-0.15, -0.1) is 0 Å². The van der Waals surface area contributed by atoms with Gasteiger partial charge in [-0.25, -0.2) is 9.97 Å². The van der Waals surface area contributed by atoms with Crippen LogP contribution in [0.15, 0.2) is 18.5 Å². The smallest absolute Gasteiger partial charge is 0.223 e. The Labute approximate surface area is 78.6 Å². The molecule has 1 rings (SSSR count). The van der Waals surface area contributed by atoms with E-state index in [0.29, 0.717) is 5.95 Å². The van der Waals surface area contributed by atoms with Crippen molar-refractivity contribution in [3.63, 3.8) is 0 Å². The van der Waals surface area contributed by atoms with Crippen LogP contribution in [0.2, 0.25) is 0 Å². The van der Waals surface area contributed by atoms with Gasteiger partial charge in [-0.2, -0.15) is 0 Å². The predicted octanol–water partition coefficient (Wildman–Crippen LogP) is 1.01. The summed E-state index contributed by atoms with van der Waals surface area (Å²) in [4.78, 5) is 8.14. The standard InChI is InChI=1S/C9H16N4/c1-7(10)9(2,3)13-8-11-5-4-6-12-8/h4-7H,10H2,1-3H3,(H,11,12,13). The van der Waals surface area contributed by atoms with E-state index in [4.69, 9.17) is 5.73 Å². The first-order valence-corrected chi connectivity index (χ1v) is 4.33. The Morgan fingerprint density at radius 3 is 2.38 bits per heavy atom. The van der Waals surface area contributed by atoms with Crippen molar-refractivity contribution >= 4 is 5.95 Å². The monoisotopic (exact) mass is 180 g/mol. The van der Waals surface area contributed by atoms with E-state index in [9.17, 15) is 0 Å². The molecule has 13 heavy (non-hydrogen) atoms. The SMILES string of the molecule is CC(N)C(C)(C)Nc1ncccn1. The zero-order chi connectivity index (χ0) is 9.90. The van der Waals surface area contributed by atoms with Gasteiger partial charge in [0.15, 0.2) is 0 Å². The third kappa shape index (κ3) is 2.66. The molecule has 0 aliphatic heterocycles. The van der Waals surface area contributed by atoms with Gasteiger partial charge in [-0.05, 0) is 26.8 Å². The molecule has 0 saturated heterocycles. The fourth-order valence-electron chi connectivity index (χ4n) is 0.766. The largest absolute Gasteiger partial charge is 0.348 e. The summed E-state index contributed by atoms with van der Waals surface area (Å²) in [6.07, 6.45) is 3.40. The summed E-state index contributed by atoms with van der Waals surface area (Å²) in [7, 11) is 0. The van der Waals surface area contributed by atoms with Crippen LogP contribution >= 0.6 is 0 Å². The molecule has 4 heteroatoms. The van der Waals surface area contributed by atoms with Crippen LogP contribution in [0.4, 0.5) is 5.95 Å². The molecule has 0 aliphatic carbocycles. The number of nitrogens with two attached hydrogens (primary N) is 1. The Balaban J connectivity index is 2.69. The molecule has 0 aliphatic rings. The Bertz CT molecular complexity index is 256. The van der Waals surface area contributed by atoms with Crippen LogP contribution in [-0.4, -0.2) is 21.5 Å². The molecule has 4 nitrogen and oxygen atoms in total. The summed E-state index contributed by atoms with van der Waals surface area (Å²) >= 11 is 0. The second-order valence-corrected chi connectivity index (χ2v) is 3.71. The minimum Gasteiger partial charge on any atom is -0.348 e. The van der Waals surface area contributed by atoms with E-state index >= 15 is 0 Å². The zero-order valence-electron chi connectivity index (χ0n) is 8.28. The molecule has 0 spiro atoms. The molecule has 72 valence electrons. The molecule has 1 unspecified atom stereocenters. The average molecular weight is 180 g/mol. The zero-order valence-corrected chi connectivity index (χ0v) is 8.28. The first-order valence-electron chi connectivity index (χ1n) is 4.33. The second-order valence-electron chi connectivity index (χ2n) is 3.71. The van der Waals surface area contributed by atoms with Gasteiger partial charge >= 0.3 is 0 Å². The Hall–Kier alpha value is -1.16. The first kappa shape index (κ1) is 9.92. The Kier molecular flexibility index (Phi) is 2.83. The van der Waals surface area contributed by atoms with Crippen LogP contribution in [0.3, 0.4) is 0 Å². The third-order valence-corrected chi connectivity index (χ3v) is 2.14. The van der Waals surface area contributed by atoms with Crippen molar-refractivity contribution in [2.75, 3.05) is 5.32 Å². The van der Waals surface area contributed by atoms with Gasteiger partial charge in [-0.1, -0.05) is 0 Å². The minimum atomic E-state index is -0.193. The van der Waals surface area contributed by atoms with Crippen LogP contribution in [0.5, 0.6) is 0 Å². The van der Waals surface area contributed by atoms with Crippen LogP contribution in [0.25, 0.3) is 0 Å². The van der Waals surface area contributed by atoms with Gasteiger partial charge < -0.3 is 11.1 Å². The minimum absolute atomic E-state index is 0.0382. The molecule has 0 saturated carbocycles. The van der Waals surface area contributed by atoms with E-state index < -0.39 is 0 Å². The number of hydrogen-bond acceptors (Lipinski definition) is 4. The summed E-state index contributed by atoms with van der Waals surface area (Å²) in [5.74, 6) is 0.616. The van der Waals surface area contributed by atoms with Crippen molar-refractivity contribution in [3.8, 4) is 0 Å². The van der Waals surface area contributed by atoms with E-state index in [0.717, 1.165) is 0 Å². The highest BCUT2D eigenvalue weighted by Gasteiger charge is 2.22. The number of nitrogens with zero attached hydrogens (tertiary/aromatic N) is 2. The molecular weight excluding hydrogens is 164 g/mol. The summed E-state index contributed by atoms with van der Waals surface area (Å²) in [6.45, 7) is 6.00. The van der Waals surface area contributed by atoms with Gasteiger partial charge in [0, 0.05) is 24.0 Å². The van der Waals surface area contributed by atoms with Crippen LogP contribution in [0, 0.1) is 0 Å². The first-order chi connectivity index (χ1) is 6.02. The van der Waals surface area contributed by atoms with E-state index in [-0.39, 0.29) is 11.6 Å².